The maximum Gasteiger partial charge on any atom is 0.257 e. The SMILES string of the molecule is O=C(Nc1ccccc1C(=O)Nc1ccccc1Cl)c1ccccc1Br. The van der Waals surface area contributed by atoms with Gasteiger partial charge in [0.25, 0.3) is 11.8 Å². The van der Waals surface area contributed by atoms with Gasteiger partial charge in [-0.15, -0.1) is 0 Å². The van der Waals surface area contributed by atoms with Crippen molar-refractivity contribution in [1.29, 1.82) is 0 Å². The fraction of sp³-hybridized carbons (Fsp3) is 0. The van der Waals surface area contributed by atoms with Crippen molar-refractivity contribution in [2.75, 3.05) is 10.6 Å². The van der Waals surface area contributed by atoms with Gasteiger partial charge in [-0.1, -0.05) is 48.0 Å². The fourth-order valence-electron chi connectivity index (χ4n) is 2.38. The van der Waals surface area contributed by atoms with Crippen molar-refractivity contribution in [2.45, 2.75) is 0 Å². The molecule has 0 aromatic heterocycles. The number of carbonyl (C=O) groups is 2. The second kappa shape index (κ2) is 8.17. The van der Waals surface area contributed by atoms with Gasteiger partial charge < -0.3 is 10.6 Å². The van der Waals surface area contributed by atoms with Crippen LogP contribution < -0.4 is 10.6 Å². The molecule has 0 radical (unpaired) electrons. The topological polar surface area (TPSA) is 58.2 Å². The Morgan fingerprint density at radius 2 is 1.19 bits per heavy atom. The Balaban J connectivity index is 1.84. The number of hydrogen-bond donors (Lipinski definition) is 2. The Bertz CT molecular complexity index is 975. The second-order valence-corrected chi connectivity index (χ2v) is 6.68. The molecule has 26 heavy (non-hydrogen) atoms. The zero-order valence-corrected chi connectivity index (χ0v) is 15.8. The molecule has 0 fully saturated rings. The van der Waals surface area contributed by atoms with Crippen molar-refractivity contribution >= 4 is 50.7 Å². The van der Waals surface area contributed by atoms with Crippen LogP contribution in [0, 0.1) is 0 Å². The predicted octanol–water partition coefficient (Wildman–Crippen LogP) is 5.61. The quantitative estimate of drug-likeness (QED) is 0.566. The molecular formula is C20H14BrClN2O2. The second-order valence-electron chi connectivity index (χ2n) is 5.41. The van der Waals surface area contributed by atoms with Crippen molar-refractivity contribution in [2.24, 2.45) is 0 Å². The molecule has 2 amide bonds. The van der Waals surface area contributed by atoms with E-state index in [1.54, 1.807) is 66.7 Å². The van der Waals surface area contributed by atoms with Crippen LogP contribution in [0.15, 0.2) is 77.3 Å². The van der Waals surface area contributed by atoms with E-state index in [1.165, 1.54) is 0 Å². The number of nitrogens with one attached hydrogen (secondary N) is 2. The molecule has 0 atom stereocenters. The molecule has 0 aliphatic carbocycles. The molecule has 0 saturated carbocycles. The van der Waals surface area contributed by atoms with Crippen molar-refractivity contribution in [3.63, 3.8) is 0 Å². The third-order valence-electron chi connectivity index (χ3n) is 3.66. The summed E-state index contributed by atoms with van der Waals surface area (Å²) in [5.41, 5.74) is 1.74. The average molecular weight is 430 g/mol. The first kappa shape index (κ1) is 18.2. The standard InChI is InChI=1S/C20H14BrClN2O2/c21-15-9-3-1-7-13(15)19(25)23-17-11-5-2-8-14(17)20(26)24-18-12-6-4-10-16(18)22/h1-12H,(H,23,25)(H,24,26). The van der Waals surface area contributed by atoms with Gasteiger partial charge in [0.1, 0.15) is 0 Å². The maximum absolute atomic E-state index is 12.6. The van der Waals surface area contributed by atoms with E-state index in [9.17, 15) is 9.59 Å². The van der Waals surface area contributed by atoms with Crippen molar-refractivity contribution in [1.82, 2.24) is 0 Å². The van der Waals surface area contributed by atoms with Crippen LogP contribution in [0.5, 0.6) is 0 Å². The summed E-state index contributed by atoms with van der Waals surface area (Å²) in [4.78, 5) is 25.2. The molecule has 3 rings (SSSR count). The lowest BCUT2D eigenvalue weighted by molar-refractivity contribution is 0.102. The van der Waals surface area contributed by atoms with Crippen LogP contribution in [0.3, 0.4) is 0 Å². The summed E-state index contributed by atoms with van der Waals surface area (Å²) in [6.07, 6.45) is 0. The van der Waals surface area contributed by atoms with Gasteiger partial charge in [0, 0.05) is 4.47 Å². The molecule has 6 heteroatoms. The van der Waals surface area contributed by atoms with Crippen LogP contribution >= 0.6 is 27.5 Å². The van der Waals surface area contributed by atoms with Crippen LogP contribution in [-0.4, -0.2) is 11.8 Å². The highest BCUT2D eigenvalue weighted by molar-refractivity contribution is 9.10. The molecule has 4 nitrogen and oxygen atoms in total. The van der Waals surface area contributed by atoms with E-state index in [2.05, 4.69) is 26.6 Å². The summed E-state index contributed by atoms with van der Waals surface area (Å²) in [6.45, 7) is 0. The number of hydrogen-bond acceptors (Lipinski definition) is 2. The lowest BCUT2D eigenvalue weighted by atomic mass is 10.1. The molecule has 0 aliphatic rings. The lowest BCUT2D eigenvalue weighted by Gasteiger charge is -2.12. The molecule has 0 bridgehead atoms. The maximum atomic E-state index is 12.6. The zero-order chi connectivity index (χ0) is 18.5. The number of amides is 2. The van der Waals surface area contributed by atoms with Gasteiger partial charge in [-0.2, -0.15) is 0 Å². The van der Waals surface area contributed by atoms with E-state index in [-0.39, 0.29) is 11.8 Å². The first-order valence-electron chi connectivity index (χ1n) is 7.77. The van der Waals surface area contributed by atoms with Crippen molar-refractivity contribution < 1.29 is 9.59 Å². The molecule has 0 unspecified atom stereocenters. The molecule has 3 aromatic rings. The summed E-state index contributed by atoms with van der Waals surface area (Å²) in [5, 5.41) is 5.99. The first-order valence-corrected chi connectivity index (χ1v) is 8.94. The lowest BCUT2D eigenvalue weighted by Crippen LogP contribution is -2.18. The van der Waals surface area contributed by atoms with Crippen molar-refractivity contribution in [3.8, 4) is 0 Å². The monoisotopic (exact) mass is 428 g/mol. The average Bonchev–Trinajstić information content (AvgIpc) is 2.64. The van der Waals surface area contributed by atoms with E-state index >= 15 is 0 Å². The van der Waals surface area contributed by atoms with Gasteiger partial charge in [-0.3, -0.25) is 9.59 Å². The van der Waals surface area contributed by atoms with Crippen molar-refractivity contribution in [3.05, 3.63) is 93.4 Å². The van der Waals surface area contributed by atoms with E-state index in [0.717, 1.165) is 0 Å². The van der Waals surface area contributed by atoms with Gasteiger partial charge >= 0.3 is 0 Å². The van der Waals surface area contributed by atoms with Gasteiger partial charge in [0.15, 0.2) is 0 Å². The number of para-hydroxylation sites is 2. The minimum absolute atomic E-state index is 0.310. The number of carbonyl (C=O) groups excluding carboxylic acids is 2. The smallest absolute Gasteiger partial charge is 0.257 e. The predicted molar refractivity (Wildman–Crippen MR) is 108 cm³/mol. The van der Waals surface area contributed by atoms with Gasteiger partial charge in [-0.25, -0.2) is 0 Å². The van der Waals surface area contributed by atoms with E-state index in [4.69, 9.17) is 11.6 Å². The molecule has 0 saturated heterocycles. The van der Waals surface area contributed by atoms with Gasteiger partial charge in [0.2, 0.25) is 0 Å². The first-order chi connectivity index (χ1) is 12.6. The normalized spacial score (nSPS) is 10.2. The highest BCUT2D eigenvalue weighted by Crippen LogP contribution is 2.24. The Morgan fingerprint density at radius 1 is 0.692 bits per heavy atom. The number of benzene rings is 3. The Kier molecular flexibility index (Phi) is 5.71. The van der Waals surface area contributed by atoms with Crippen LogP contribution in [0.1, 0.15) is 20.7 Å². The molecule has 2 N–H and O–H groups in total. The highest BCUT2D eigenvalue weighted by atomic mass is 79.9. The van der Waals surface area contributed by atoms with Crippen LogP contribution in [0.2, 0.25) is 5.02 Å². The van der Waals surface area contributed by atoms with Gasteiger partial charge in [0.05, 0.1) is 27.5 Å². The molecule has 130 valence electrons. The minimum Gasteiger partial charge on any atom is -0.321 e. The fourth-order valence-corrected chi connectivity index (χ4v) is 3.03. The Labute approximate surface area is 164 Å². The molecule has 0 heterocycles. The third kappa shape index (κ3) is 4.12. The molecular weight excluding hydrogens is 416 g/mol. The van der Waals surface area contributed by atoms with E-state index in [0.29, 0.717) is 32.0 Å². The highest BCUT2D eigenvalue weighted by Gasteiger charge is 2.16. The summed E-state index contributed by atoms with van der Waals surface area (Å²) in [5.74, 6) is -0.670. The molecule has 3 aromatic carbocycles. The van der Waals surface area contributed by atoms with Gasteiger partial charge in [-0.05, 0) is 52.3 Å². The Morgan fingerprint density at radius 3 is 1.88 bits per heavy atom. The third-order valence-corrected chi connectivity index (χ3v) is 4.68. The summed E-state index contributed by atoms with van der Waals surface area (Å²) in [6, 6.07) is 20.8. The number of rotatable bonds is 4. The number of halogens is 2. The van der Waals surface area contributed by atoms with Crippen LogP contribution in [-0.2, 0) is 0 Å². The minimum atomic E-state index is -0.360. The van der Waals surface area contributed by atoms with E-state index in [1.807, 2.05) is 6.07 Å². The number of anilines is 2. The van der Waals surface area contributed by atoms with Crippen LogP contribution in [0.25, 0.3) is 0 Å². The summed E-state index contributed by atoms with van der Waals surface area (Å²) >= 11 is 9.44. The Hall–Kier alpha value is -2.63. The molecule has 0 spiro atoms. The summed E-state index contributed by atoms with van der Waals surface area (Å²) < 4.78 is 0.676. The van der Waals surface area contributed by atoms with E-state index < -0.39 is 0 Å². The van der Waals surface area contributed by atoms with Crippen LogP contribution in [0.4, 0.5) is 11.4 Å². The summed E-state index contributed by atoms with van der Waals surface area (Å²) in [7, 11) is 0. The zero-order valence-electron chi connectivity index (χ0n) is 13.5. The largest absolute Gasteiger partial charge is 0.321 e. The molecule has 0 aliphatic heterocycles.